The van der Waals surface area contributed by atoms with Crippen molar-refractivity contribution in [1.29, 1.82) is 0 Å². The first-order valence-corrected chi connectivity index (χ1v) is 10.9. The summed E-state index contributed by atoms with van der Waals surface area (Å²) >= 11 is 1.67. The lowest BCUT2D eigenvalue weighted by atomic mass is 10.1. The molecule has 0 bridgehead atoms. The van der Waals surface area contributed by atoms with Gasteiger partial charge in [0.05, 0.1) is 23.3 Å². The normalized spacial score (nSPS) is 19.2. The summed E-state index contributed by atoms with van der Waals surface area (Å²) in [6.07, 6.45) is 9.62. The molecule has 2 unspecified atom stereocenters. The number of aliphatic imine (C=N–C) groups is 1. The van der Waals surface area contributed by atoms with E-state index in [9.17, 15) is 14.4 Å². The third kappa shape index (κ3) is 3.32. The molecule has 1 aliphatic heterocycles. The summed E-state index contributed by atoms with van der Waals surface area (Å²) in [6.45, 7) is -0.116. The van der Waals surface area contributed by atoms with Crippen LogP contribution in [0.4, 0.5) is 5.69 Å². The number of benzene rings is 1. The van der Waals surface area contributed by atoms with Crippen molar-refractivity contribution in [1.82, 2.24) is 18.7 Å². The average Bonchev–Trinajstić information content (AvgIpc) is 3.41. The van der Waals surface area contributed by atoms with Crippen LogP contribution >= 0.6 is 11.8 Å². The number of nitrogens with one attached hydrogen (secondary N) is 1. The topological polar surface area (TPSA) is 103 Å². The molecule has 162 valence electrons. The van der Waals surface area contributed by atoms with Crippen molar-refractivity contribution in [2.24, 2.45) is 19.1 Å². The van der Waals surface area contributed by atoms with Crippen LogP contribution in [0, 0.1) is 0 Å². The second kappa shape index (κ2) is 7.79. The molecule has 1 aromatic carbocycles. The van der Waals surface area contributed by atoms with Crippen molar-refractivity contribution < 1.29 is 4.79 Å². The van der Waals surface area contributed by atoms with E-state index in [0.717, 1.165) is 15.2 Å². The predicted molar refractivity (Wildman–Crippen MR) is 125 cm³/mol. The van der Waals surface area contributed by atoms with Gasteiger partial charge in [0, 0.05) is 19.7 Å². The van der Waals surface area contributed by atoms with E-state index in [1.165, 1.54) is 22.5 Å². The van der Waals surface area contributed by atoms with Crippen molar-refractivity contribution in [2.75, 3.05) is 5.32 Å². The quantitative estimate of drug-likeness (QED) is 0.650. The number of rotatable bonds is 4. The Labute approximate surface area is 186 Å². The highest BCUT2D eigenvalue weighted by molar-refractivity contribution is 8.15. The zero-order valence-electron chi connectivity index (χ0n) is 17.4. The number of hydrogen-bond donors (Lipinski definition) is 1. The molecule has 2 aromatic heterocycles. The van der Waals surface area contributed by atoms with Crippen molar-refractivity contribution in [3.63, 3.8) is 0 Å². The highest BCUT2D eigenvalue weighted by Gasteiger charge is 2.29. The Morgan fingerprint density at radius 3 is 2.72 bits per heavy atom. The molecule has 3 aromatic rings. The first-order valence-electron chi connectivity index (χ1n) is 10.0. The Kier molecular flexibility index (Phi) is 4.93. The van der Waals surface area contributed by atoms with Crippen LogP contribution < -0.4 is 16.6 Å². The molecule has 1 N–H and O–H groups in total. The number of aryl methyl sites for hydroxylation is 1. The average molecular weight is 449 g/mol. The molecule has 2 atom stereocenters. The lowest BCUT2D eigenvalue weighted by Gasteiger charge is -2.12. The van der Waals surface area contributed by atoms with Crippen LogP contribution in [0.3, 0.4) is 0 Å². The van der Waals surface area contributed by atoms with Crippen LogP contribution in [0.15, 0.2) is 69.5 Å². The largest absolute Gasteiger partial charge is 0.332 e. The SMILES string of the molecule is Cn1c(=O)c2c(ncn2CC(=O)Nc2ccccc2C2=NC3C=CC=CC3S2)n(C)c1=O. The number of fused-ring (bicyclic) bond motifs is 2. The Morgan fingerprint density at radius 1 is 1.12 bits per heavy atom. The minimum Gasteiger partial charge on any atom is -0.324 e. The van der Waals surface area contributed by atoms with Crippen molar-refractivity contribution in [3.8, 4) is 0 Å². The Morgan fingerprint density at radius 2 is 1.91 bits per heavy atom. The first kappa shape index (κ1) is 20.3. The maximum atomic E-state index is 12.9. The molecule has 32 heavy (non-hydrogen) atoms. The maximum absolute atomic E-state index is 12.9. The number of anilines is 1. The van der Waals surface area contributed by atoms with Gasteiger partial charge in [0.1, 0.15) is 11.6 Å². The molecule has 2 aliphatic rings. The van der Waals surface area contributed by atoms with Crippen molar-refractivity contribution >= 4 is 39.6 Å². The van der Waals surface area contributed by atoms with E-state index in [1.54, 1.807) is 18.8 Å². The highest BCUT2D eigenvalue weighted by Crippen LogP contribution is 2.35. The van der Waals surface area contributed by atoms with Gasteiger partial charge in [-0.25, -0.2) is 9.78 Å². The molecule has 0 radical (unpaired) electrons. The minimum atomic E-state index is -0.491. The molecule has 0 saturated heterocycles. The van der Waals surface area contributed by atoms with Crippen LogP contribution in [0.2, 0.25) is 0 Å². The van der Waals surface area contributed by atoms with Crippen LogP contribution in [-0.2, 0) is 25.4 Å². The Hall–Kier alpha value is -3.66. The number of hydrogen-bond acceptors (Lipinski definition) is 6. The molecule has 0 saturated carbocycles. The second-order valence-corrected chi connectivity index (χ2v) is 8.79. The third-order valence-corrected chi connectivity index (χ3v) is 6.79. The number of carbonyl (C=O) groups is 1. The van der Waals surface area contributed by atoms with Gasteiger partial charge in [-0.2, -0.15) is 0 Å². The monoisotopic (exact) mass is 448 g/mol. The van der Waals surface area contributed by atoms with E-state index < -0.39 is 11.2 Å². The van der Waals surface area contributed by atoms with Gasteiger partial charge in [-0.3, -0.25) is 23.7 Å². The van der Waals surface area contributed by atoms with E-state index in [2.05, 4.69) is 22.5 Å². The first-order chi connectivity index (χ1) is 15.4. The van der Waals surface area contributed by atoms with Gasteiger partial charge < -0.3 is 9.88 Å². The van der Waals surface area contributed by atoms with Crippen molar-refractivity contribution in [2.45, 2.75) is 17.8 Å². The molecule has 9 nitrogen and oxygen atoms in total. The minimum absolute atomic E-state index is 0.101. The summed E-state index contributed by atoms with van der Waals surface area (Å²) in [5, 5.41) is 4.08. The Bertz CT molecular complexity index is 1460. The number of allylic oxidation sites excluding steroid dienone is 2. The molecule has 0 spiro atoms. The number of para-hydroxylation sites is 1. The summed E-state index contributed by atoms with van der Waals surface area (Å²) in [6, 6.07) is 7.63. The summed E-state index contributed by atoms with van der Waals surface area (Å²) in [5.41, 5.74) is 1.000. The van der Waals surface area contributed by atoms with Gasteiger partial charge in [0.25, 0.3) is 5.56 Å². The molecule has 3 heterocycles. The van der Waals surface area contributed by atoms with E-state index in [-0.39, 0.29) is 34.9 Å². The van der Waals surface area contributed by atoms with Crippen LogP contribution in [0.5, 0.6) is 0 Å². The van der Waals surface area contributed by atoms with Gasteiger partial charge in [-0.05, 0) is 6.07 Å². The van der Waals surface area contributed by atoms with Crippen LogP contribution in [0.25, 0.3) is 11.2 Å². The van der Waals surface area contributed by atoms with Gasteiger partial charge in [0.15, 0.2) is 11.2 Å². The second-order valence-electron chi connectivity index (χ2n) is 7.62. The van der Waals surface area contributed by atoms with Gasteiger partial charge in [0.2, 0.25) is 5.91 Å². The van der Waals surface area contributed by atoms with Gasteiger partial charge in [-0.1, -0.05) is 54.3 Å². The van der Waals surface area contributed by atoms with Crippen LogP contribution in [0.1, 0.15) is 5.56 Å². The van der Waals surface area contributed by atoms with E-state index >= 15 is 0 Å². The number of thioether (sulfide) groups is 1. The number of carbonyl (C=O) groups excluding carboxylic acids is 1. The lowest BCUT2D eigenvalue weighted by molar-refractivity contribution is -0.116. The predicted octanol–water partition coefficient (Wildman–Crippen LogP) is 1.43. The molecule has 5 rings (SSSR count). The molecular weight excluding hydrogens is 428 g/mol. The lowest BCUT2D eigenvalue weighted by Crippen LogP contribution is -2.37. The number of nitrogens with zero attached hydrogens (tertiary/aromatic N) is 5. The number of amides is 1. The summed E-state index contributed by atoms with van der Waals surface area (Å²) in [5.74, 6) is -0.312. The molecular formula is C22H20N6O3S. The molecule has 10 heteroatoms. The number of aromatic nitrogens is 4. The molecule has 0 fully saturated rings. The zero-order valence-corrected chi connectivity index (χ0v) is 18.2. The fourth-order valence-corrected chi connectivity index (χ4v) is 5.07. The fourth-order valence-electron chi connectivity index (χ4n) is 3.87. The summed E-state index contributed by atoms with van der Waals surface area (Å²) in [4.78, 5) is 46.6. The van der Waals surface area contributed by atoms with Gasteiger partial charge in [-0.15, -0.1) is 0 Å². The van der Waals surface area contributed by atoms with E-state index in [1.807, 2.05) is 36.4 Å². The molecule has 1 aliphatic carbocycles. The highest BCUT2D eigenvalue weighted by atomic mass is 32.2. The Balaban J connectivity index is 1.42. The van der Waals surface area contributed by atoms with E-state index in [4.69, 9.17) is 4.99 Å². The summed E-state index contributed by atoms with van der Waals surface area (Å²) in [7, 11) is 2.94. The number of imidazole rings is 1. The maximum Gasteiger partial charge on any atom is 0.332 e. The molecule has 1 amide bonds. The van der Waals surface area contributed by atoms with Gasteiger partial charge >= 0.3 is 5.69 Å². The van der Waals surface area contributed by atoms with Crippen molar-refractivity contribution in [3.05, 3.63) is 81.3 Å². The van der Waals surface area contributed by atoms with Crippen LogP contribution in [-0.4, -0.2) is 40.9 Å². The fraction of sp³-hybridized carbons (Fsp3) is 0.227. The standard InChI is InChI=1S/C22H20N6O3S/c1-26-19-18(21(30)27(2)22(26)31)28(12-23-19)11-17(29)24-14-8-4-3-7-13(14)20-25-15-9-5-6-10-16(15)32-20/h3-10,12,15-16H,11H2,1-2H3,(H,24,29). The smallest absolute Gasteiger partial charge is 0.324 e. The zero-order chi connectivity index (χ0) is 22.4. The summed E-state index contributed by atoms with van der Waals surface area (Å²) < 4.78 is 3.75. The van der Waals surface area contributed by atoms with E-state index in [0.29, 0.717) is 5.69 Å². The third-order valence-electron chi connectivity index (χ3n) is 5.53.